The summed E-state index contributed by atoms with van der Waals surface area (Å²) in [4.78, 5) is 28.0. The number of guanidine groups is 1. The van der Waals surface area contributed by atoms with Gasteiger partial charge >= 0.3 is 0 Å². The van der Waals surface area contributed by atoms with E-state index < -0.39 is 0 Å². The molecule has 0 bridgehead atoms. The second-order valence-corrected chi connectivity index (χ2v) is 8.44. The largest absolute Gasteiger partial charge is 0.484 e. The molecule has 2 aromatic carbocycles. The molecule has 0 spiro atoms. The molecular formula is C25H31N5O3. The molecule has 174 valence electrons. The van der Waals surface area contributed by atoms with Gasteiger partial charge in [-0.2, -0.15) is 0 Å². The van der Waals surface area contributed by atoms with Crippen LogP contribution in [0.5, 0.6) is 5.75 Å². The van der Waals surface area contributed by atoms with Crippen molar-refractivity contribution in [1.82, 2.24) is 16.0 Å². The van der Waals surface area contributed by atoms with Crippen molar-refractivity contribution >= 4 is 23.5 Å². The number of para-hydroxylation sites is 1. The van der Waals surface area contributed by atoms with Crippen molar-refractivity contribution < 1.29 is 14.3 Å². The van der Waals surface area contributed by atoms with E-state index in [9.17, 15) is 9.59 Å². The average Bonchev–Trinajstić information content (AvgIpc) is 3.64. The maximum Gasteiger partial charge on any atom is 0.258 e. The second-order valence-electron chi connectivity index (χ2n) is 8.44. The Morgan fingerprint density at radius 1 is 1.12 bits per heavy atom. The van der Waals surface area contributed by atoms with Crippen LogP contribution in [0.25, 0.3) is 0 Å². The number of nitrogens with zero attached hydrogens (tertiary/aromatic N) is 1. The van der Waals surface area contributed by atoms with Gasteiger partial charge in [0.05, 0.1) is 0 Å². The zero-order chi connectivity index (χ0) is 23.0. The van der Waals surface area contributed by atoms with Gasteiger partial charge in [0.25, 0.3) is 5.91 Å². The Bertz CT molecular complexity index is 1000. The van der Waals surface area contributed by atoms with Crippen LogP contribution >= 0.6 is 0 Å². The number of nitrogens with one attached hydrogen (secondary N) is 4. The zero-order valence-corrected chi connectivity index (χ0v) is 18.9. The van der Waals surface area contributed by atoms with Crippen molar-refractivity contribution in [2.75, 3.05) is 32.1 Å². The summed E-state index contributed by atoms with van der Waals surface area (Å²) in [5, 5.41) is 12.5. The Kier molecular flexibility index (Phi) is 7.44. The number of carbonyl (C=O) groups is 2. The van der Waals surface area contributed by atoms with Crippen LogP contribution in [0.15, 0.2) is 53.5 Å². The van der Waals surface area contributed by atoms with Gasteiger partial charge in [0.1, 0.15) is 5.75 Å². The van der Waals surface area contributed by atoms with Crippen LogP contribution in [-0.2, 0) is 16.0 Å². The fourth-order valence-corrected chi connectivity index (χ4v) is 3.85. The minimum atomic E-state index is -0.0676. The number of amides is 2. The number of rotatable bonds is 9. The Morgan fingerprint density at radius 3 is 2.67 bits per heavy atom. The van der Waals surface area contributed by atoms with Gasteiger partial charge < -0.3 is 26.0 Å². The third-order valence-corrected chi connectivity index (χ3v) is 5.79. The van der Waals surface area contributed by atoms with Crippen molar-refractivity contribution in [3.63, 3.8) is 0 Å². The van der Waals surface area contributed by atoms with Gasteiger partial charge in [0.2, 0.25) is 5.91 Å². The monoisotopic (exact) mass is 449 g/mol. The van der Waals surface area contributed by atoms with Crippen LogP contribution in [0.3, 0.4) is 0 Å². The fourth-order valence-electron chi connectivity index (χ4n) is 3.85. The van der Waals surface area contributed by atoms with E-state index in [0.717, 1.165) is 36.1 Å². The number of fused-ring (bicyclic) bond motifs is 1. The third kappa shape index (κ3) is 6.71. The maximum atomic E-state index is 12.0. The molecule has 8 heteroatoms. The molecule has 4 rings (SSSR count). The van der Waals surface area contributed by atoms with E-state index in [1.165, 1.54) is 0 Å². The highest BCUT2D eigenvalue weighted by atomic mass is 16.5. The van der Waals surface area contributed by atoms with E-state index in [0.29, 0.717) is 37.3 Å². The smallest absolute Gasteiger partial charge is 0.258 e. The molecule has 1 atom stereocenters. The topological polar surface area (TPSA) is 104 Å². The Morgan fingerprint density at radius 2 is 1.91 bits per heavy atom. The molecule has 0 aromatic heterocycles. The summed E-state index contributed by atoms with van der Waals surface area (Å²) in [5.41, 5.74) is 3.19. The van der Waals surface area contributed by atoms with E-state index in [1.807, 2.05) is 42.5 Å². The SMILES string of the molecule is CN=C(NCCc1ccc(OCC(=O)NC2CC2)cc1)NCC1CC(=O)Nc2ccccc21. The zero-order valence-electron chi connectivity index (χ0n) is 18.9. The van der Waals surface area contributed by atoms with Gasteiger partial charge in [-0.1, -0.05) is 30.3 Å². The lowest BCUT2D eigenvalue weighted by Gasteiger charge is -2.26. The number of hydrogen-bond acceptors (Lipinski definition) is 4. The van der Waals surface area contributed by atoms with E-state index >= 15 is 0 Å². The number of benzene rings is 2. The van der Waals surface area contributed by atoms with Crippen molar-refractivity contribution in [3.05, 3.63) is 59.7 Å². The molecule has 2 aliphatic rings. The molecule has 1 heterocycles. The Hall–Kier alpha value is -3.55. The highest BCUT2D eigenvalue weighted by molar-refractivity contribution is 5.94. The number of carbonyl (C=O) groups excluding carboxylic acids is 2. The lowest BCUT2D eigenvalue weighted by Crippen LogP contribution is -2.41. The summed E-state index contributed by atoms with van der Waals surface area (Å²) < 4.78 is 5.55. The molecule has 8 nitrogen and oxygen atoms in total. The first-order valence-electron chi connectivity index (χ1n) is 11.4. The van der Waals surface area contributed by atoms with Gasteiger partial charge in [0.15, 0.2) is 12.6 Å². The lowest BCUT2D eigenvalue weighted by molar-refractivity contribution is -0.123. The summed E-state index contributed by atoms with van der Waals surface area (Å²) >= 11 is 0. The summed E-state index contributed by atoms with van der Waals surface area (Å²) in [6, 6.07) is 16.1. The normalized spacial score (nSPS) is 17.5. The molecule has 1 fully saturated rings. The van der Waals surface area contributed by atoms with Gasteiger partial charge in [-0.15, -0.1) is 0 Å². The first-order valence-corrected chi connectivity index (χ1v) is 11.4. The fraction of sp³-hybridized carbons (Fsp3) is 0.400. The molecule has 2 amide bonds. The van der Waals surface area contributed by atoms with Crippen molar-refractivity contribution in [2.24, 2.45) is 4.99 Å². The highest BCUT2D eigenvalue weighted by Crippen LogP contribution is 2.31. The van der Waals surface area contributed by atoms with Crippen molar-refractivity contribution in [2.45, 2.75) is 37.6 Å². The Balaban J connectivity index is 1.19. The molecule has 1 saturated carbocycles. The molecule has 1 aliphatic heterocycles. The quantitative estimate of drug-likeness (QED) is 0.347. The van der Waals surface area contributed by atoms with Crippen LogP contribution in [0.4, 0.5) is 5.69 Å². The number of aliphatic imine (C=N–C) groups is 1. The van der Waals surface area contributed by atoms with Crippen molar-refractivity contribution in [3.8, 4) is 5.75 Å². The number of hydrogen-bond donors (Lipinski definition) is 4. The molecule has 2 aromatic rings. The molecular weight excluding hydrogens is 418 g/mol. The molecule has 1 unspecified atom stereocenters. The third-order valence-electron chi connectivity index (χ3n) is 5.79. The van der Waals surface area contributed by atoms with Gasteiger partial charge in [-0.05, 0) is 48.6 Å². The van der Waals surface area contributed by atoms with Crippen LogP contribution in [0, 0.1) is 0 Å². The predicted octanol–water partition coefficient (Wildman–Crippen LogP) is 2.18. The van der Waals surface area contributed by atoms with Gasteiger partial charge in [-0.25, -0.2) is 0 Å². The van der Waals surface area contributed by atoms with E-state index in [-0.39, 0.29) is 24.3 Å². The summed E-state index contributed by atoms with van der Waals surface area (Å²) in [7, 11) is 1.74. The molecule has 33 heavy (non-hydrogen) atoms. The van der Waals surface area contributed by atoms with Crippen molar-refractivity contribution in [1.29, 1.82) is 0 Å². The van der Waals surface area contributed by atoms with E-state index in [2.05, 4.69) is 32.3 Å². The molecule has 1 aliphatic carbocycles. The van der Waals surface area contributed by atoms with Crippen LogP contribution in [0.1, 0.15) is 36.3 Å². The molecule has 0 radical (unpaired) electrons. The van der Waals surface area contributed by atoms with E-state index in [4.69, 9.17) is 4.74 Å². The van der Waals surface area contributed by atoms with Crippen LogP contribution in [0.2, 0.25) is 0 Å². The number of anilines is 1. The highest BCUT2D eigenvalue weighted by Gasteiger charge is 2.25. The lowest BCUT2D eigenvalue weighted by atomic mass is 9.90. The summed E-state index contributed by atoms with van der Waals surface area (Å²) in [6.45, 7) is 1.39. The molecule has 4 N–H and O–H groups in total. The summed E-state index contributed by atoms with van der Waals surface area (Å²) in [6.07, 6.45) is 3.41. The van der Waals surface area contributed by atoms with Gasteiger partial charge in [0, 0.05) is 44.2 Å². The number of ether oxygens (including phenoxy) is 1. The first kappa shape index (κ1) is 22.6. The van der Waals surface area contributed by atoms with Crippen LogP contribution in [-0.4, -0.2) is 50.6 Å². The standard InChI is InChI=1S/C25H31N5O3/c1-26-25(28-15-18-14-23(31)30-22-5-3-2-4-21(18)22)27-13-12-17-6-10-20(11-7-17)33-16-24(32)29-19-8-9-19/h2-7,10-11,18-19H,8-9,12-16H2,1H3,(H,29,32)(H,30,31)(H2,26,27,28). The maximum absolute atomic E-state index is 12.0. The minimum absolute atomic E-state index is 0.0411. The van der Waals surface area contributed by atoms with E-state index in [1.54, 1.807) is 7.05 Å². The van der Waals surface area contributed by atoms with Crippen LogP contribution < -0.4 is 26.0 Å². The average molecular weight is 450 g/mol. The molecule has 0 saturated heterocycles. The Labute approximate surface area is 194 Å². The first-order chi connectivity index (χ1) is 16.1. The minimum Gasteiger partial charge on any atom is -0.484 e. The second kappa shape index (κ2) is 10.8. The summed E-state index contributed by atoms with van der Waals surface area (Å²) in [5.74, 6) is 1.47. The van der Waals surface area contributed by atoms with Gasteiger partial charge in [-0.3, -0.25) is 14.6 Å². The predicted molar refractivity (Wildman–Crippen MR) is 129 cm³/mol.